The number of amides is 3. The minimum atomic E-state index is -0.0470. The van der Waals surface area contributed by atoms with E-state index in [4.69, 9.17) is 0 Å². The third-order valence-corrected chi connectivity index (χ3v) is 4.29. The van der Waals surface area contributed by atoms with E-state index in [-0.39, 0.29) is 18.0 Å². The van der Waals surface area contributed by atoms with Crippen LogP contribution in [0.5, 0.6) is 0 Å². The number of urea groups is 1. The van der Waals surface area contributed by atoms with E-state index < -0.39 is 0 Å². The van der Waals surface area contributed by atoms with Gasteiger partial charge in [0, 0.05) is 51.0 Å². The summed E-state index contributed by atoms with van der Waals surface area (Å²) >= 11 is 0. The number of anilines is 1. The predicted molar refractivity (Wildman–Crippen MR) is 96.5 cm³/mol. The van der Waals surface area contributed by atoms with Crippen molar-refractivity contribution in [1.29, 1.82) is 0 Å². The molecule has 0 radical (unpaired) electrons. The monoisotopic (exact) mass is 332 g/mol. The molecule has 2 N–H and O–H groups in total. The molecule has 24 heavy (non-hydrogen) atoms. The first-order valence-corrected chi connectivity index (χ1v) is 8.62. The third-order valence-electron chi connectivity index (χ3n) is 4.29. The van der Waals surface area contributed by atoms with Gasteiger partial charge in [-0.1, -0.05) is 6.92 Å². The van der Waals surface area contributed by atoms with Gasteiger partial charge in [0.05, 0.1) is 0 Å². The molecular formula is C18H28N4O2. The maximum Gasteiger partial charge on any atom is 0.317 e. The molecule has 0 saturated carbocycles. The number of nitrogens with one attached hydrogen (secondary N) is 2. The van der Waals surface area contributed by atoms with Gasteiger partial charge in [0.1, 0.15) is 0 Å². The van der Waals surface area contributed by atoms with E-state index in [0.717, 1.165) is 24.9 Å². The fourth-order valence-electron chi connectivity index (χ4n) is 2.75. The van der Waals surface area contributed by atoms with Crippen molar-refractivity contribution in [1.82, 2.24) is 15.5 Å². The second-order valence-corrected chi connectivity index (χ2v) is 6.41. The third kappa shape index (κ3) is 4.88. The van der Waals surface area contributed by atoms with Crippen LogP contribution in [0.4, 0.5) is 10.5 Å². The van der Waals surface area contributed by atoms with Crippen LogP contribution in [0.1, 0.15) is 36.5 Å². The van der Waals surface area contributed by atoms with Crippen LogP contribution < -0.4 is 15.5 Å². The minimum Gasteiger partial charge on any atom is -0.378 e. The minimum absolute atomic E-state index is 0.000834. The zero-order valence-electron chi connectivity index (χ0n) is 14.8. The lowest BCUT2D eigenvalue weighted by molar-refractivity contribution is 0.0918. The Labute approximate surface area is 144 Å². The van der Waals surface area contributed by atoms with E-state index in [9.17, 15) is 9.59 Å². The lowest BCUT2D eigenvalue weighted by atomic mass is 10.0. The molecule has 6 nitrogen and oxygen atoms in total. The van der Waals surface area contributed by atoms with Crippen LogP contribution in [0, 0.1) is 0 Å². The lowest BCUT2D eigenvalue weighted by Gasteiger charge is -2.32. The van der Waals surface area contributed by atoms with Crippen molar-refractivity contribution in [3.8, 4) is 0 Å². The molecule has 1 heterocycles. The van der Waals surface area contributed by atoms with E-state index in [1.54, 1.807) is 0 Å². The predicted octanol–water partition coefficient (Wildman–Crippen LogP) is 2.07. The van der Waals surface area contributed by atoms with Gasteiger partial charge >= 0.3 is 6.03 Å². The number of piperidine rings is 1. The Kier molecular flexibility index (Phi) is 6.46. The maximum absolute atomic E-state index is 12.3. The smallest absolute Gasteiger partial charge is 0.317 e. The Morgan fingerprint density at radius 3 is 2.33 bits per heavy atom. The molecule has 0 spiro atoms. The molecule has 1 aromatic rings. The van der Waals surface area contributed by atoms with Gasteiger partial charge in [0.2, 0.25) is 0 Å². The molecule has 3 amide bonds. The molecular weight excluding hydrogens is 304 g/mol. The summed E-state index contributed by atoms with van der Waals surface area (Å²) in [5, 5.41) is 5.97. The Morgan fingerprint density at radius 1 is 1.17 bits per heavy atom. The first kappa shape index (κ1) is 18.1. The van der Waals surface area contributed by atoms with Gasteiger partial charge in [-0.15, -0.1) is 0 Å². The van der Waals surface area contributed by atoms with Crippen molar-refractivity contribution < 1.29 is 9.59 Å². The number of benzene rings is 1. The topological polar surface area (TPSA) is 64.7 Å². The van der Waals surface area contributed by atoms with E-state index >= 15 is 0 Å². The number of hydrogen-bond donors (Lipinski definition) is 2. The van der Waals surface area contributed by atoms with Crippen molar-refractivity contribution in [3.05, 3.63) is 29.8 Å². The summed E-state index contributed by atoms with van der Waals surface area (Å²) < 4.78 is 0. The summed E-state index contributed by atoms with van der Waals surface area (Å²) in [6.45, 7) is 4.10. The summed E-state index contributed by atoms with van der Waals surface area (Å²) in [7, 11) is 3.94. The van der Waals surface area contributed by atoms with E-state index in [1.807, 2.05) is 55.1 Å². The van der Waals surface area contributed by atoms with Gasteiger partial charge in [-0.05, 0) is 43.5 Å². The fourth-order valence-corrected chi connectivity index (χ4v) is 2.75. The van der Waals surface area contributed by atoms with Crippen molar-refractivity contribution in [3.63, 3.8) is 0 Å². The molecule has 1 aliphatic rings. The van der Waals surface area contributed by atoms with Gasteiger partial charge in [-0.2, -0.15) is 0 Å². The Balaban J connectivity index is 1.80. The fraction of sp³-hybridized carbons (Fsp3) is 0.556. The van der Waals surface area contributed by atoms with Crippen LogP contribution in [0.25, 0.3) is 0 Å². The molecule has 0 bridgehead atoms. The molecule has 132 valence electrons. The molecule has 2 rings (SSSR count). The van der Waals surface area contributed by atoms with E-state index in [1.165, 1.54) is 0 Å². The molecule has 1 saturated heterocycles. The van der Waals surface area contributed by atoms with Gasteiger partial charge in [0.15, 0.2) is 0 Å². The largest absolute Gasteiger partial charge is 0.378 e. The molecule has 0 aromatic heterocycles. The van der Waals surface area contributed by atoms with Crippen LogP contribution in [-0.2, 0) is 0 Å². The maximum atomic E-state index is 12.3. The molecule has 1 fully saturated rings. The summed E-state index contributed by atoms with van der Waals surface area (Å²) in [5.74, 6) is -0.0470. The highest BCUT2D eigenvalue weighted by Crippen LogP contribution is 2.14. The summed E-state index contributed by atoms with van der Waals surface area (Å²) in [6, 6.07) is 7.70. The Hall–Kier alpha value is -2.24. The van der Waals surface area contributed by atoms with Crippen LogP contribution in [0.15, 0.2) is 24.3 Å². The molecule has 1 aliphatic heterocycles. The van der Waals surface area contributed by atoms with Gasteiger partial charge in [0.25, 0.3) is 5.91 Å². The normalized spacial score (nSPS) is 15.0. The van der Waals surface area contributed by atoms with Crippen molar-refractivity contribution in [2.75, 3.05) is 38.6 Å². The summed E-state index contributed by atoms with van der Waals surface area (Å²) in [4.78, 5) is 28.1. The van der Waals surface area contributed by atoms with E-state index in [0.29, 0.717) is 25.2 Å². The zero-order chi connectivity index (χ0) is 17.5. The average molecular weight is 332 g/mol. The molecule has 1 aromatic carbocycles. The van der Waals surface area contributed by atoms with Gasteiger partial charge in [-0.25, -0.2) is 4.79 Å². The number of rotatable bonds is 5. The van der Waals surface area contributed by atoms with Crippen molar-refractivity contribution in [2.45, 2.75) is 32.2 Å². The highest BCUT2D eigenvalue weighted by atomic mass is 16.2. The number of hydrogen-bond acceptors (Lipinski definition) is 3. The first-order valence-electron chi connectivity index (χ1n) is 8.62. The van der Waals surface area contributed by atoms with Crippen LogP contribution in [-0.4, -0.2) is 56.6 Å². The SMILES string of the molecule is CCCNC(=O)N1CCC(NC(=O)c2ccc(N(C)C)cc2)CC1. The zero-order valence-corrected chi connectivity index (χ0v) is 14.8. The standard InChI is InChI=1S/C18H28N4O2/c1-4-11-19-18(24)22-12-9-15(10-13-22)20-17(23)14-5-7-16(8-6-14)21(2)3/h5-8,15H,4,9-13H2,1-3H3,(H,19,24)(H,20,23). The number of carbonyl (C=O) groups is 2. The second-order valence-electron chi connectivity index (χ2n) is 6.41. The Bertz CT molecular complexity index is 549. The lowest BCUT2D eigenvalue weighted by Crippen LogP contribution is -2.49. The molecule has 6 heteroatoms. The van der Waals surface area contributed by atoms with Gasteiger partial charge < -0.3 is 20.4 Å². The van der Waals surface area contributed by atoms with Crippen LogP contribution >= 0.6 is 0 Å². The van der Waals surface area contributed by atoms with Crippen LogP contribution in [0.2, 0.25) is 0 Å². The summed E-state index contributed by atoms with van der Waals surface area (Å²) in [6.07, 6.45) is 2.52. The van der Waals surface area contributed by atoms with Crippen molar-refractivity contribution >= 4 is 17.6 Å². The van der Waals surface area contributed by atoms with Gasteiger partial charge in [-0.3, -0.25) is 4.79 Å². The molecule has 0 aliphatic carbocycles. The summed E-state index contributed by atoms with van der Waals surface area (Å²) in [5.41, 5.74) is 1.74. The number of nitrogens with zero attached hydrogens (tertiary/aromatic N) is 2. The number of carbonyl (C=O) groups excluding carboxylic acids is 2. The molecule has 0 atom stereocenters. The highest BCUT2D eigenvalue weighted by molar-refractivity contribution is 5.94. The van der Waals surface area contributed by atoms with Crippen molar-refractivity contribution in [2.24, 2.45) is 0 Å². The number of likely N-dealkylation sites (tertiary alicyclic amines) is 1. The quantitative estimate of drug-likeness (QED) is 0.867. The first-order chi connectivity index (χ1) is 11.5. The van der Waals surface area contributed by atoms with E-state index in [2.05, 4.69) is 10.6 Å². The molecule has 0 unspecified atom stereocenters. The Morgan fingerprint density at radius 2 is 1.79 bits per heavy atom. The highest BCUT2D eigenvalue weighted by Gasteiger charge is 2.23. The average Bonchev–Trinajstić information content (AvgIpc) is 2.60. The second kappa shape index (κ2) is 8.57. The van der Waals surface area contributed by atoms with Crippen LogP contribution in [0.3, 0.4) is 0 Å².